The van der Waals surface area contributed by atoms with Gasteiger partial charge in [0, 0.05) is 30.5 Å². The Morgan fingerprint density at radius 1 is 1.19 bits per heavy atom. The molecule has 21 heavy (non-hydrogen) atoms. The van der Waals surface area contributed by atoms with E-state index in [2.05, 4.69) is 25.8 Å². The lowest BCUT2D eigenvalue weighted by Crippen LogP contribution is -2.22. The summed E-state index contributed by atoms with van der Waals surface area (Å²) in [7, 11) is -0.359. The number of rotatable bonds is 3. The van der Waals surface area contributed by atoms with Crippen LogP contribution in [0.2, 0.25) is 0 Å². The van der Waals surface area contributed by atoms with E-state index in [4.69, 9.17) is 0 Å². The van der Waals surface area contributed by atoms with Crippen LogP contribution in [0.4, 0.5) is 0 Å². The van der Waals surface area contributed by atoms with Crippen LogP contribution in [0.1, 0.15) is 25.8 Å². The van der Waals surface area contributed by atoms with E-state index in [0.717, 1.165) is 16.3 Å². The van der Waals surface area contributed by atoms with Crippen molar-refractivity contribution in [2.75, 3.05) is 14.1 Å². The van der Waals surface area contributed by atoms with Gasteiger partial charge in [0.05, 0.1) is 15.6 Å². The molecule has 0 aliphatic rings. The van der Waals surface area contributed by atoms with Crippen LogP contribution in [0.25, 0.3) is 11.3 Å². The molecular formula is C15H20N2O2S2. The number of hydrogen-bond acceptors (Lipinski definition) is 4. The maximum absolute atomic E-state index is 12.2. The van der Waals surface area contributed by atoms with Crippen LogP contribution < -0.4 is 0 Å². The highest BCUT2D eigenvalue weighted by molar-refractivity contribution is 7.89. The highest BCUT2D eigenvalue weighted by Gasteiger charge is 2.20. The summed E-state index contributed by atoms with van der Waals surface area (Å²) in [6.07, 6.45) is 0. The summed E-state index contributed by atoms with van der Waals surface area (Å²) in [6.45, 7) is 6.34. The topological polar surface area (TPSA) is 50.3 Å². The Bertz CT molecular complexity index is 741. The maximum Gasteiger partial charge on any atom is 0.242 e. The molecular weight excluding hydrogens is 304 g/mol. The predicted molar refractivity (Wildman–Crippen MR) is 87.1 cm³/mol. The molecule has 4 nitrogen and oxygen atoms in total. The van der Waals surface area contributed by atoms with Crippen LogP contribution in [-0.4, -0.2) is 31.8 Å². The van der Waals surface area contributed by atoms with E-state index in [9.17, 15) is 8.42 Å². The van der Waals surface area contributed by atoms with Gasteiger partial charge in [0.1, 0.15) is 0 Å². The molecule has 0 fully saturated rings. The van der Waals surface area contributed by atoms with Crippen LogP contribution in [0.5, 0.6) is 0 Å². The molecule has 0 unspecified atom stereocenters. The molecule has 0 radical (unpaired) electrons. The van der Waals surface area contributed by atoms with E-state index in [1.807, 2.05) is 11.4 Å². The van der Waals surface area contributed by atoms with Gasteiger partial charge in [-0.1, -0.05) is 32.9 Å². The van der Waals surface area contributed by atoms with Gasteiger partial charge in [0.25, 0.3) is 0 Å². The first-order valence-corrected chi connectivity index (χ1v) is 8.93. The summed E-state index contributed by atoms with van der Waals surface area (Å²) >= 11 is 1.60. The Kier molecular flexibility index (Phi) is 4.24. The minimum Gasteiger partial charge on any atom is -0.241 e. The fourth-order valence-corrected chi connectivity index (χ4v) is 3.64. The number of thiazole rings is 1. The van der Waals surface area contributed by atoms with Crippen molar-refractivity contribution in [1.82, 2.24) is 9.29 Å². The second kappa shape index (κ2) is 5.51. The van der Waals surface area contributed by atoms with Crippen LogP contribution in [-0.2, 0) is 15.4 Å². The Labute approximate surface area is 130 Å². The van der Waals surface area contributed by atoms with Crippen molar-refractivity contribution in [2.45, 2.75) is 31.1 Å². The number of hydrogen-bond donors (Lipinski definition) is 0. The summed E-state index contributed by atoms with van der Waals surface area (Å²) in [5.41, 5.74) is 1.64. The van der Waals surface area contributed by atoms with Crippen molar-refractivity contribution in [3.05, 3.63) is 34.7 Å². The molecule has 2 rings (SSSR count). The van der Waals surface area contributed by atoms with Crippen LogP contribution >= 0.6 is 11.3 Å². The zero-order valence-corrected chi connectivity index (χ0v) is 14.5. The molecule has 0 aliphatic heterocycles. The Hall–Kier alpha value is -1.24. The third-order valence-corrected chi connectivity index (χ3v) is 6.13. The summed E-state index contributed by atoms with van der Waals surface area (Å²) in [6, 6.07) is 6.92. The third kappa shape index (κ3) is 3.33. The minimum atomic E-state index is -3.42. The number of aromatic nitrogens is 1. The van der Waals surface area contributed by atoms with E-state index >= 15 is 0 Å². The smallest absolute Gasteiger partial charge is 0.241 e. The lowest BCUT2D eigenvalue weighted by atomic mass is 9.98. The molecule has 0 saturated carbocycles. The summed E-state index contributed by atoms with van der Waals surface area (Å²) < 4.78 is 25.6. The molecule has 0 atom stereocenters. The molecule has 0 bridgehead atoms. The van der Waals surface area contributed by atoms with Crippen LogP contribution in [0.3, 0.4) is 0 Å². The molecule has 0 saturated heterocycles. The minimum absolute atomic E-state index is 0.00373. The molecule has 0 N–H and O–H groups in total. The normalized spacial score (nSPS) is 12.9. The Morgan fingerprint density at radius 2 is 1.86 bits per heavy atom. The third-order valence-electron chi connectivity index (χ3n) is 3.05. The van der Waals surface area contributed by atoms with Crippen molar-refractivity contribution < 1.29 is 8.42 Å². The van der Waals surface area contributed by atoms with E-state index in [1.165, 1.54) is 18.4 Å². The quantitative estimate of drug-likeness (QED) is 0.870. The maximum atomic E-state index is 12.2. The van der Waals surface area contributed by atoms with Crippen LogP contribution in [0, 0.1) is 0 Å². The zero-order chi connectivity index (χ0) is 15.8. The van der Waals surface area contributed by atoms with E-state index in [-0.39, 0.29) is 10.3 Å². The SMILES string of the molecule is CN(C)S(=O)(=O)c1cccc(-c2csc(C(C)(C)C)n2)c1. The molecule has 1 aromatic heterocycles. The van der Waals surface area contributed by atoms with Gasteiger partial charge in [-0.2, -0.15) is 0 Å². The zero-order valence-electron chi connectivity index (χ0n) is 12.9. The van der Waals surface area contributed by atoms with Crippen molar-refractivity contribution >= 4 is 21.4 Å². The highest BCUT2D eigenvalue weighted by Crippen LogP contribution is 2.30. The summed E-state index contributed by atoms with van der Waals surface area (Å²) in [5.74, 6) is 0. The van der Waals surface area contributed by atoms with Crippen LogP contribution in [0.15, 0.2) is 34.5 Å². The van der Waals surface area contributed by atoms with Crippen molar-refractivity contribution in [3.8, 4) is 11.3 Å². The van der Waals surface area contributed by atoms with Gasteiger partial charge in [-0.15, -0.1) is 11.3 Å². The lowest BCUT2D eigenvalue weighted by molar-refractivity contribution is 0.521. The van der Waals surface area contributed by atoms with Gasteiger partial charge in [-0.05, 0) is 12.1 Å². The largest absolute Gasteiger partial charge is 0.242 e. The van der Waals surface area contributed by atoms with Gasteiger partial charge in [0.2, 0.25) is 10.0 Å². The van der Waals surface area contributed by atoms with Crippen molar-refractivity contribution in [1.29, 1.82) is 0 Å². The van der Waals surface area contributed by atoms with Crippen molar-refractivity contribution in [3.63, 3.8) is 0 Å². The average molecular weight is 324 g/mol. The number of nitrogens with zero attached hydrogens (tertiary/aromatic N) is 2. The molecule has 0 amide bonds. The van der Waals surface area contributed by atoms with Gasteiger partial charge >= 0.3 is 0 Å². The van der Waals surface area contributed by atoms with E-state index in [0.29, 0.717) is 0 Å². The summed E-state index contributed by atoms with van der Waals surface area (Å²) in [5, 5.41) is 3.01. The molecule has 2 aromatic rings. The Balaban J connectivity index is 2.45. The van der Waals surface area contributed by atoms with Crippen molar-refractivity contribution in [2.24, 2.45) is 0 Å². The van der Waals surface area contributed by atoms with E-state index in [1.54, 1.807) is 29.5 Å². The average Bonchev–Trinajstić information content (AvgIpc) is 2.88. The molecule has 1 aromatic carbocycles. The number of sulfonamides is 1. The molecule has 1 heterocycles. The van der Waals surface area contributed by atoms with Gasteiger partial charge in [0.15, 0.2) is 0 Å². The fraction of sp³-hybridized carbons (Fsp3) is 0.400. The first-order chi connectivity index (χ1) is 9.62. The Morgan fingerprint density at radius 3 is 2.38 bits per heavy atom. The standard InChI is InChI=1S/C15H20N2O2S2/c1-15(2,3)14-16-13(10-20-14)11-7-6-8-12(9-11)21(18,19)17(4)5/h6-10H,1-5H3. The molecule has 114 valence electrons. The molecule has 0 spiro atoms. The van der Waals surface area contributed by atoms with E-state index < -0.39 is 10.0 Å². The summed E-state index contributed by atoms with van der Waals surface area (Å²) in [4.78, 5) is 4.92. The molecule has 6 heteroatoms. The first kappa shape index (κ1) is 16.1. The highest BCUT2D eigenvalue weighted by atomic mass is 32.2. The monoisotopic (exact) mass is 324 g/mol. The second-order valence-corrected chi connectivity index (χ2v) is 9.11. The van der Waals surface area contributed by atoms with Gasteiger partial charge in [-0.25, -0.2) is 17.7 Å². The lowest BCUT2D eigenvalue weighted by Gasteiger charge is -2.14. The fourth-order valence-electron chi connectivity index (χ4n) is 1.78. The first-order valence-electron chi connectivity index (χ1n) is 6.61. The predicted octanol–water partition coefficient (Wildman–Crippen LogP) is 3.36. The van der Waals surface area contributed by atoms with Gasteiger partial charge < -0.3 is 0 Å². The molecule has 0 aliphatic carbocycles. The van der Waals surface area contributed by atoms with Gasteiger partial charge in [-0.3, -0.25) is 0 Å². The number of benzene rings is 1. The second-order valence-electron chi connectivity index (χ2n) is 6.10.